The zero-order chi connectivity index (χ0) is 7.98. The molecule has 0 saturated heterocycles. The summed E-state index contributed by atoms with van der Waals surface area (Å²) in [5.41, 5.74) is 5.48. The van der Waals surface area contributed by atoms with Gasteiger partial charge in [0.15, 0.2) is 0 Å². The highest BCUT2D eigenvalue weighted by molar-refractivity contribution is 4.61. The summed E-state index contributed by atoms with van der Waals surface area (Å²) in [5, 5.41) is 12.1. The van der Waals surface area contributed by atoms with Crippen LogP contribution in [-0.2, 0) is 0 Å². The molecule has 0 aromatic carbocycles. The van der Waals surface area contributed by atoms with E-state index in [1.54, 1.807) is 0 Å². The van der Waals surface area contributed by atoms with E-state index in [1.807, 2.05) is 13.8 Å². The maximum atomic E-state index is 9.07. The summed E-state index contributed by atoms with van der Waals surface area (Å²) in [6, 6.07) is 0.170. The summed E-state index contributed by atoms with van der Waals surface area (Å²) in [7, 11) is 0. The zero-order valence-corrected chi connectivity index (χ0v) is 6.80. The maximum absolute atomic E-state index is 9.07. The SMILES string of the molecule is CCC(O)CNCC(C)N. The number of aliphatic hydroxyl groups is 1. The van der Waals surface area contributed by atoms with Gasteiger partial charge in [0.1, 0.15) is 0 Å². The van der Waals surface area contributed by atoms with Crippen LogP contribution in [0.25, 0.3) is 0 Å². The van der Waals surface area contributed by atoms with Gasteiger partial charge < -0.3 is 16.2 Å². The second kappa shape index (κ2) is 5.65. The van der Waals surface area contributed by atoms with Gasteiger partial charge in [-0.05, 0) is 13.3 Å². The van der Waals surface area contributed by atoms with E-state index in [-0.39, 0.29) is 12.1 Å². The number of nitrogens with two attached hydrogens (primary N) is 1. The van der Waals surface area contributed by atoms with Gasteiger partial charge in [0.2, 0.25) is 0 Å². The van der Waals surface area contributed by atoms with Crippen LogP contribution < -0.4 is 11.1 Å². The Morgan fingerprint density at radius 3 is 2.50 bits per heavy atom. The first-order valence-corrected chi connectivity index (χ1v) is 3.81. The van der Waals surface area contributed by atoms with Crippen LogP contribution in [0.3, 0.4) is 0 Å². The Hall–Kier alpha value is -0.120. The van der Waals surface area contributed by atoms with Crippen molar-refractivity contribution in [2.45, 2.75) is 32.4 Å². The summed E-state index contributed by atoms with van der Waals surface area (Å²) < 4.78 is 0. The molecule has 0 spiro atoms. The zero-order valence-electron chi connectivity index (χ0n) is 6.80. The molecule has 0 aromatic heterocycles. The minimum atomic E-state index is -0.223. The predicted molar refractivity (Wildman–Crippen MR) is 42.8 cm³/mol. The van der Waals surface area contributed by atoms with E-state index in [2.05, 4.69) is 5.32 Å². The molecule has 0 aliphatic heterocycles. The largest absolute Gasteiger partial charge is 0.392 e. The third kappa shape index (κ3) is 6.01. The highest BCUT2D eigenvalue weighted by Gasteiger charge is 1.99. The second-order valence-electron chi connectivity index (χ2n) is 2.70. The summed E-state index contributed by atoms with van der Waals surface area (Å²) in [6.45, 7) is 5.32. The highest BCUT2D eigenvalue weighted by Crippen LogP contribution is 1.85. The fourth-order valence-corrected chi connectivity index (χ4v) is 0.622. The van der Waals surface area contributed by atoms with Gasteiger partial charge in [-0.15, -0.1) is 0 Å². The van der Waals surface area contributed by atoms with Crippen molar-refractivity contribution in [3.8, 4) is 0 Å². The second-order valence-corrected chi connectivity index (χ2v) is 2.70. The molecule has 2 unspecified atom stereocenters. The molecule has 4 N–H and O–H groups in total. The number of aliphatic hydroxyl groups excluding tert-OH is 1. The van der Waals surface area contributed by atoms with Gasteiger partial charge in [0.05, 0.1) is 6.10 Å². The topological polar surface area (TPSA) is 58.3 Å². The number of nitrogens with one attached hydrogen (secondary N) is 1. The van der Waals surface area contributed by atoms with Gasteiger partial charge in [-0.25, -0.2) is 0 Å². The molecule has 62 valence electrons. The lowest BCUT2D eigenvalue weighted by Crippen LogP contribution is -2.35. The van der Waals surface area contributed by atoms with Crippen LogP contribution in [0.2, 0.25) is 0 Å². The number of hydrogen-bond acceptors (Lipinski definition) is 3. The van der Waals surface area contributed by atoms with Crippen LogP contribution in [0.4, 0.5) is 0 Å². The smallest absolute Gasteiger partial charge is 0.0662 e. The molecule has 0 rings (SSSR count). The fourth-order valence-electron chi connectivity index (χ4n) is 0.622. The lowest BCUT2D eigenvalue weighted by molar-refractivity contribution is 0.167. The van der Waals surface area contributed by atoms with Gasteiger partial charge in [-0.1, -0.05) is 6.92 Å². The van der Waals surface area contributed by atoms with Crippen molar-refractivity contribution in [3.05, 3.63) is 0 Å². The maximum Gasteiger partial charge on any atom is 0.0662 e. The normalized spacial score (nSPS) is 16.8. The third-order valence-electron chi connectivity index (χ3n) is 1.32. The van der Waals surface area contributed by atoms with E-state index >= 15 is 0 Å². The highest BCUT2D eigenvalue weighted by atomic mass is 16.3. The summed E-state index contributed by atoms with van der Waals surface area (Å²) >= 11 is 0. The summed E-state index contributed by atoms with van der Waals surface area (Å²) in [4.78, 5) is 0. The molecule has 0 bridgehead atoms. The molecule has 0 aliphatic rings. The van der Waals surface area contributed by atoms with Crippen molar-refractivity contribution in [2.24, 2.45) is 5.73 Å². The molecule has 0 fully saturated rings. The van der Waals surface area contributed by atoms with Crippen LogP contribution in [0.15, 0.2) is 0 Å². The van der Waals surface area contributed by atoms with Crippen molar-refractivity contribution in [1.82, 2.24) is 5.32 Å². The molecule has 0 saturated carbocycles. The Morgan fingerprint density at radius 2 is 2.10 bits per heavy atom. The van der Waals surface area contributed by atoms with Crippen molar-refractivity contribution in [2.75, 3.05) is 13.1 Å². The monoisotopic (exact) mass is 146 g/mol. The van der Waals surface area contributed by atoms with E-state index in [0.29, 0.717) is 6.54 Å². The molecule has 3 nitrogen and oxygen atoms in total. The molecular formula is C7H18N2O. The van der Waals surface area contributed by atoms with Crippen molar-refractivity contribution in [3.63, 3.8) is 0 Å². The van der Waals surface area contributed by atoms with Crippen molar-refractivity contribution in [1.29, 1.82) is 0 Å². The molecule has 0 radical (unpaired) electrons. The van der Waals surface area contributed by atoms with Gasteiger partial charge in [-0.2, -0.15) is 0 Å². The molecule has 10 heavy (non-hydrogen) atoms. The first kappa shape index (κ1) is 9.88. The minimum absolute atomic E-state index is 0.170. The molecular weight excluding hydrogens is 128 g/mol. The van der Waals surface area contributed by atoms with Crippen LogP contribution in [-0.4, -0.2) is 30.3 Å². The van der Waals surface area contributed by atoms with Crippen LogP contribution in [0.1, 0.15) is 20.3 Å². The van der Waals surface area contributed by atoms with E-state index < -0.39 is 0 Å². The Bertz CT molecular complexity index is 76.0. The van der Waals surface area contributed by atoms with E-state index in [1.165, 1.54) is 0 Å². The van der Waals surface area contributed by atoms with Gasteiger partial charge in [0, 0.05) is 19.1 Å². The van der Waals surface area contributed by atoms with Gasteiger partial charge >= 0.3 is 0 Å². The van der Waals surface area contributed by atoms with Gasteiger partial charge in [0.25, 0.3) is 0 Å². The van der Waals surface area contributed by atoms with E-state index in [4.69, 9.17) is 10.8 Å². The molecule has 2 atom stereocenters. The third-order valence-corrected chi connectivity index (χ3v) is 1.32. The quantitative estimate of drug-likeness (QED) is 0.499. The number of hydrogen-bond donors (Lipinski definition) is 3. The minimum Gasteiger partial charge on any atom is -0.392 e. The Kier molecular flexibility index (Phi) is 5.58. The molecule has 0 amide bonds. The number of rotatable bonds is 5. The Labute approximate surface area is 62.6 Å². The van der Waals surface area contributed by atoms with Crippen molar-refractivity contribution < 1.29 is 5.11 Å². The first-order valence-electron chi connectivity index (χ1n) is 3.81. The van der Waals surface area contributed by atoms with E-state index in [9.17, 15) is 0 Å². The average Bonchev–Trinajstić information content (AvgIpc) is 1.87. The standard InChI is InChI=1S/C7H18N2O/c1-3-7(10)5-9-4-6(2)8/h6-7,9-10H,3-5,8H2,1-2H3. The van der Waals surface area contributed by atoms with Crippen LogP contribution >= 0.6 is 0 Å². The first-order chi connectivity index (χ1) is 4.66. The summed E-state index contributed by atoms with van der Waals surface area (Å²) in [5.74, 6) is 0. The average molecular weight is 146 g/mol. The predicted octanol–water partition coefficient (Wildman–Crippen LogP) is -0.306. The van der Waals surface area contributed by atoms with Gasteiger partial charge in [-0.3, -0.25) is 0 Å². The molecule has 0 heterocycles. The fraction of sp³-hybridized carbons (Fsp3) is 1.00. The van der Waals surface area contributed by atoms with E-state index in [0.717, 1.165) is 13.0 Å². The lowest BCUT2D eigenvalue weighted by Gasteiger charge is -2.10. The summed E-state index contributed by atoms with van der Waals surface area (Å²) in [6.07, 6.45) is 0.574. The lowest BCUT2D eigenvalue weighted by atomic mass is 10.2. The molecule has 0 aromatic rings. The Morgan fingerprint density at radius 1 is 1.50 bits per heavy atom. The molecule has 0 aliphatic carbocycles. The van der Waals surface area contributed by atoms with Crippen molar-refractivity contribution >= 4 is 0 Å². The van der Waals surface area contributed by atoms with Crippen LogP contribution in [0.5, 0.6) is 0 Å². The Balaban J connectivity index is 3.03. The van der Waals surface area contributed by atoms with Crippen LogP contribution in [0, 0.1) is 0 Å². The molecule has 3 heteroatoms.